The Morgan fingerprint density at radius 1 is 1.42 bits per heavy atom. The Morgan fingerprint density at radius 3 is 2.68 bits per heavy atom. The van der Waals surface area contributed by atoms with Gasteiger partial charge in [0, 0.05) is 6.04 Å². The topological polar surface area (TPSA) is 40.5 Å². The molecule has 1 N–H and O–H groups in total. The molecule has 0 saturated carbocycles. The molecule has 3 unspecified atom stereocenters. The third kappa shape index (κ3) is 3.35. The molecule has 0 radical (unpaired) electrons. The SMILES string of the molecule is CC(CCN1CCC(C(=O)O)C1C)c1ccccc1. The number of benzene rings is 1. The van der Waals surface area contributed by atoms with E-state index in [1.54, 1.807) is 0 Å². The molecule has 0 bridgehead atoms. The van der Waals surface area contributed by atoms with Crippen molar-refractivity contribution in [3.05, 3.63) is 35.9 Å². The smallest absolute Gasteiger partial charge is 0.308 e. The van der Waals surface area contributed by atoms with Crippen LogP contribution in [0.4, 0.5) is 0 Å². The largest absolute Gasteiger partial charge is 0.481 e. The maximum absolute atomic E-state index is 11.1. The molecule has 0 spiro atoms. The summed E-state index contributed by atoms with van der Waals surface area (Å²) >= 11 is 0. The summed E-state index contributed by atoms with van der Waals surface area (Å²) in [6, 6.07) is 10.7. The average Bonchev–Trinajstić information content (AvgIpc) is 2.78. The Bertz CT molecular complexity index is 418. The monoisotopic (exact) mass is 261 g/mol. The molecule has 0 aliphatic carbocycles. The Kier molecular flexibility index (Phi) is 4.59. The van der Waals surface area contributed by atoms with Gasteiger partial charge >= 0.3 is 5.97 Å². The van der Waals surface area contributed by atoms with Crippen LogP contribution < -0.4 is 0 Å². The molecule has 0 amide bonds. The van der Waals surface area contributed by atoms with Crippen molar-refractivity contribution in [2.75, 3.05) is 13.1 Å². The summed E-state index contributed by atoms with van der Waals surface area (Å²) in [7, 11) is 0. The highest BCUT2D eigenvalue weighted by molar-refractivity contribution is 5.71. The van der Waals surface area contributed by atoms with Gasteiger partial charge in [-0.1, -0.05) is 37.3 Å². The standard InChI is InChI=1S/C16H23NO2/c1-12(14-6-4-3-5-7-14)8-10-17-11-9-15(13(17)2)16(18)19/h3-7,12-13,15H,8-11H2,1-2H3,(H,18,19). The lowest BCUT2D eigenvalue weighted by atomic mass is 9.97. The van der Waals surface area contributed by atoms with Gasteiger partial charge in [0.1, 0.15) is 0 Å². The van der Waals surface area contributed by atoms with E-state index in [-0.39, 0.29) is 12.0 Å². The highest BCUT2D eigenvalue weighted by Gasteiger charge is 2.35. The second kappa shape index (κ2) is 6.20. The summed E-state index contributed by atoms with van der Waals surface area (Å²) in [5, 5.41) is 9.13. The molecule has 1 aromatic carbocycles. The highest BCUT2D eigenvalue weighted by Crippen LogP contribution is 2.26. The molecular weight excluding hydrogens is 238 g/mol. The quantitative estimate of drug-likeness (QED) is 0.886. The molecule has 0 aromatic heterocycles. The minimum atomic E-state index is -0.647. The van der Waals surface area contributed by atoms with Crippen LogP contribution in [-0.4, -0.2) is 35.1 Å². The first kappa shape index (κ1) is 14.1. The first-order chi connectivity index (χ1) is 9.09. The summed E-state index contributed by atoms with van der Waals surface area (Å²) in [6.07, 6.45) is 1.87. The maximum Gasteiger partial charge on any atom is 0.308 e. The number of aliphatic carboxylic acids is 1. The van der Waals surface area contributed by atoms with E-state index in [4.69, 9.17) is 5.11 Å². The van der Waals surface area contributed by atoms with Gasteiger partial charge in [0.25, 0.3) is 0 Å². The van der Waals surface area contributed by atoms with Crippen LogP contribution in [0.2, 0.25) is 0 Å². The van der Waals surface area contributed by atoms with Gasteiger partial charge in [0.15, 0.2) is 0 Å². The fraction of sp³-hybridized carbons (Fsp3) is 0.562. The molecule has 2 rings (SSSR count). The van der Waals surface area contributed by atoms with E-state index in [1.165, 1.54) is 5.56 Å². The lowest BCUT2D eigenvalue weighted by Gasteiger charge is -2.24. The van der Waals surface area contributed by atoms with Crippen molar-refractivity contribution in [3.8, 4) is 0 Å². The van der Waals surface area contributed by atoms with Gasteiger partial charge in [-0.05, 0) is 44.3 Å². The third-order valence-electron chi connectivity index (χ3n) is 4.42. The lowest BCUT2D eigenvalue weighted by molar-refractivity contribution is -0.142. The van der Waals surface area contributed by atoms with E-state index in [1.807, 2.05) is 13.0 Å². The molecule has 1 aromatic rings. The summed E-state index contributed by atoms with van der Waals surface area (Å²) in [5.74, 6) is -0.310. The highest BCUT2D eigenvalue weighted by atomic mass is 16.4. The van der Waals surface area contributed by atoms with Crippen LogP contribution in [0.5, 0.6) is 0 Å². The minimum absolute atomic E-state index is 0.167. The Balaban J connectivity index is 1.85. The maximum atomic E-state index is 11.1. The van der Waals surface area contributed by atoms with Crippen LogP contribution in [0.25, 0.3) is 0 Å². The predicted octanol–water partition coefficient (Wildman–Crippen LogP) is 2.98. The van der Waals surface area contributed by atoms with Crippen molar-refractivity contribution in [3.63, 3.8) is 0 Å². The van der Waals surface area contributed by atoms with Crippen LogP contribution in [0.3, 0.4) is 0 Å². The van der Waals surface area contributed by atoms with E-state index in [2.05, 4.69) is 36.1 Å². The molecule has 1 fully saturated rings. The molecule has 1 aliphatic heterocycles. The van der Waals surface area contributed by atoms with E-state index >= 15 is 0 Å². The molecule has 19 heavy (non-hydrogen) atoms. The number of rotatable bonds is 5. The predicted molar refractivity (Wildman–Crippen MR) is 76.3 cm³/mol. The Morgan fingerprint density at radius 2 is 2.11 bits per heavy atom. The fourth-order valence-corrected chi connectivity index (χ4v) is 2.96. The Hall–Kier alpha value is -1.35. The molecule has 1 heterocycles. The minimum Gasteiger partial charge on any atom is -0.481 e. The summed E-state index contributed by atoms with van der Waals surface area (Å²) < 4.78 is 0. The van der Waals surface area contributed by atoms with Crippen molar-refractivity contribution in [1.82, 2.24) is 4.90 Å². The number of nitrogens with zero attached hydrogens (tertiary/aromatic N) is 1. The molecular formula is C16H23NO2. The van der Waals surface area contributed by atoms with E-state index in [0.717, 1.165) is 25.9 Å². The van der Waals surface area contributed by atoms with Crippen molar-refractivity contribution in [1.29, 1.82) is 0 Å². The summed E-state index contributed by atoms with van der Waals surface area (Å²) in [5.41, 5.74) is 1.36. The first-order valence-electron chi connectivity index (χ1n) is 7.11. The lowest BCUT2D eigenvalue weighted by Crippen LogP contribution is -2.34. The van der Waals surface area contributed by atoms with Crippen molar-refractivity contribution < 1.29 is 9.90 Å². The van der Waals surface area contributed by atoms with E-state index in [9.17, 15) is 4.79 Å². The summed E-state index contributed by atoms with van der Waals surface area (Å²) in [6.45, 7) is 6.18. The van der Waals surface area contributed by atoms with E-state index in [0.29, 0.717) is 5.92 Å². The van der Waals surface area contributed by atoms with Crippen molar-refractivity contribution in [2.45, 2.75) is 38.6 Å². The van der Waals surface area contributed by atoms with Gasteiger partial charge in [0.05, 0.1) is 5.92 Å². The van der Waals surface area contributed by atoms with Crippen LogP contribution in [0, 0.1) is 5.92 Å². The van der Waals surface area contributed by atoms with Crippen molar-refractivity contribution in [2.24, 2.45) is 5.92 Å². The molecule has 1 aliphatic rings. The van der Waals surface area contributed by atoms with Crippen LogP contribution in [0.15, 0.2) is 30.3 Å². The molecule has 3 heteroatoms. The Labute approximate surface area is 115 Å². The van der Waals surface area contributed by atoms with Gasteiger partial charge in [-0.15, -0.1) is 0 Å². The second-order valence-electron chi connectivity index (χ2n) is 5.61. The zero-order valence-electron chi connectivity index (χ0n) is 11.7. The van der Waals surface area contributed by atoms with Crippen LogP contribution in [0.1, 0.15) is 38.2 Å². The molecule has 3 atom stereocenters. The zero-order chi connectivity index (χ0) is 13.8. The molecule has 104 valence electrons. The normalized spacial score (nSPS) is 25.4. The summed E-state index contributed by atoms with van der Waals surface area (Å²) in [4.78, 5) is 13.4. The van der Waals surface area contributed by atoms with Gasteiger partial charge < -0.3 is 5.11 Å². The number of hydrogen-bond acceptors (Lipinski definition) is 2. The zero-order valence-corrected chi connectivity index (χ0v) is 11.7. The van der Waals surface area contributed by atoms with Gasteiger partial charge in [0.2, 0.25) is 0 Å². The number of carbonyl (C=O) groups is 1. The first-order valence-corrected chi connectivity index (χ1v) is 7.11. The number of carboxylic acid groups (broad SMARTS) is 1. The van der Waals surface area contributed by atoms with Crippen LogP contribution >= 0.6 is 0 Å². The fourth-order valence-electron chi connectivity index (χ4n) is 2.96. The van der Waals surface area contributed by atoms with Gasteiger partial charge in [-0.2, -0.15) is 0 Å². The van der Waals surface area contributed by atoms with E-state index < -0.39 is 5.97 Å². The second-order valence-corrected chi connectivity index (χ2v) is 5.61. The van der Waals surface area contributed by atoms with Crippen molar-refractivity contribution >= 4 is 5.97 Å². The molecule has 3 nitrogen and oxygen atoms in total. The average molecular weight is 261 g/mol. The number of carboxylic acids is 1. The van der Waals surface area contributed by atoms with Gasteiger partial charge in [-0.3, -0.25) is 9.69 Å². The number of hydrogen-bond donors (Lipinski definition) is 1. The van der Waals surface area contributed by atoms with Crippen LogP contribution in [-0.2, 0) is 4.79 Å². The van der Waals surface area contributed by atoms with Gasteiger partial charge in [-0.25, -0.2) is 0 Å². The molecule has 1 saturated heterocycles. The number of likely N-dealkylation sites (tertiary alicyclic amines) is 1. The third-order valence-corrected chi connectivity index (χ3v) is 4.42.